The van der Waals surface area contributed by atoms with Gasteiger partial charge in [-0.25, -0.2) is 14.2 Å². The monoisotopic (exact) mass is 443 g/mol. The van der Waals surface area contributed by atoms with Crippen LogP contribution in [0.3, 0.4) is 0 Å². The minimum Gasteiger partial charge on any atom is -0.438 e. The van der Waals surface area contributed by atoms with Crippen molar-refractivity contribution in [2.45, 2.75) is 39.7 Å². The van der Waals surface area contributed by atoms with E-state index in [1.165, 1.54) is 6.07 Å². The van der Waals surface area contributed by atoms with Crippen LogP contribution in [-0.2, 0) is 0 Å². The van der Waals surface area contributed by atoms with Crippen molar-refractivity contribution in [2.75, 3.05) is 11.9 Å². The zero-order valence-electron chi connectivity index (χ0n) is 19.0. The van der Waals surface area contributed by atoms with Gasteiger partial charge in [-0.05, 0) is 91.8 Å². The van der Waals surface area contributed by atoms with Crippen molar-refractivity contribution < 1.29 is 13.6 Å². The molecule has 6 heteroatoms. The van der Waals surface area contributed by atoms with Crippen molar-refractivity contribution in [1.82, 2.24) is 9.88 Å². The van der Waals surface area contributed by atoms with Crippen molar-refractivity contribution in [1.29, 1.82) is 0 Å². The van der Waals surface area contributed by atoms with Crippen LogP contribution in [0, 0.1) is 26.6 Å². The molecule has 5 rings (SSSR count). The summed E-state index contributed by atoms with van der Waals surface area (Å²) < 4.78 is 19.7. The maximum atomic E-state index is 13.7. The van der Waals surface area contributed by atoms with Crippen LogP contribution < -0.4 is 5.32 Å². The van der Waals surface area contributed by atoms with Gasteiger partial charge in [0.15, 0.2) is 5.58 Å². The molecule has 1 aliphatic rings. The molecule has 4 aromatic rings. The number of nitrogens with zero attached hydrogens (tertiary/aromatic N) is 2. The molecule has 2 heterocycles. The summed E-state index contributed by atoms with van der Waals surface area (Å²) in [7, 11) is 0. The molecular formula is C27H26FN3O2. The molecule has 0 bridgehead atoms. The third-order valence-electron chi connectivity index (χ3n) is 6.54. The van der Waals surface area contributed by atoms with Gasteiger partial charge in [0.2, 0.25) is 5.89 Å². The summed E-state index contributed by atoms with van der Waals surface area (Å²) >= 11 is 0. The number of rotatable bonds is 3. The number of hydrogen-bond donors (Lipinski definition) is 1. The van der Waals surface area contributed by atoms with Crippen molar-refractivity contribution in [3.63, 3.8) is 0 Å². The van der Waals surface area contributed by atoms with Gasteiger partial charge in [0.1, 0.15) is 17.4 Å². The molecule has 1 fully saturated rings. The highest BCUT2D eigenvalue weighted by atomic mass is 19.1. The van der Waals surface area contributed by atoms with Gasteiger partial charge in [-0.15, -0.1) is 0 Å². The number of aromatic nitrogens is 1. The third-order valence-corrected chi connectivity index (χ3v) is 6.54. The van der Waals surface area contributed by atoms with Crippen LogP contribution in [0.1, 0.15) is 41.5 Å². The van der Waals surface area contributed by atoms with Crippen molar-refractivity contribution in [2.24, 2.45) is 0 Å². The van der Waals surface area contributed by atoms with E-state index < -0.39 is 0 Å². The summed E-state index contributed by atoms with van der Waals surface area (Å²) in [4.78, 5) is 19.6. The molecule has 5 nitrogen and oxygen atoms in total. The second kappa shape index (κ2) is 8.35. The van der Waals surface area contributed by atoms with Gasteiger partial charge in [-0.1, -0.05) is 24.3 Å². The van der Waals surface area contributed by atoms with Crippen molar-refractivity contribution in [3.05, 3.63) is 83.0 Å². The van der Waals surface area contributed by atoms with E-state index in [1.54, 1.807) is 17.9 Å². The normalized spacial score (nSPS) is 15.9. The minimum absolute atomic E-state index is 0.143. The minimum atomic E-state index is -0.219. The molecule has 1 saturated heterocycles. The second-order valence-corrected chi connectivity index (χ2v) is 8.73. The number of benzene rings is 3. The van der Waals surface area contributed by atoms with Crippen LogP contribution in [0.2, 0.25) is 0 Å². The maximum Gasteiger partial charge on any atom is 0.322 e. The molecule has 0 spiro atoms. The van der Waals surface area contributed by atoms with Crippen LogP contribution in [0.5, 0.6) is 0 Å². The molecule has 1 unspecified atom stereocenters. The third kappa shape index (κ3) is 3.97. The van der Waals surface area contributed by atoms with Crippen molar-refractivity contribution in [3.8, 4) is 11.1 Å². The number of halogens is 1. The van der Waals surface area contributed by atoms with Gasteiger partial charge in [-0.3, -0.25) is 0 Å². The van der Waals surface area contributed by atoms with Gasteiger partial charge in [0.05, 0.1) is 0 Å². The molecular weight excluding hydrogens is 417 g/mol. The van der Waals surface area contributed by atoms with Crippen molar-refractivity contribution >= 4 is 22.8 Å². The lowest BCUT2D eigenvalue weighted by molar-refractivity contribution is 0.199. The van der Waals surface area contributed by atoms with E-state index in [0.717, 1.165) is 46.3 Å². The van der Waals surface area contributed by atoms with E-state index in [4.69, 9.17) is 9.40 Å². The van der Waals surface area contributed by atoms with E-state index in [2.05, 4.69) is 5.32 Å². The van der Waals surface area contributed by atoms with Crippen LogP contribution in [0.25, 0.3) is 22.2 Å². The first-order chi connectivity index (χ1) is 15.9. The Morgan fingerprint density at radius 1 is 1.06 bits per heavy atom. The maximum absolute atomic E-state index is 13.7. The van der Waals surface area contributed by atoms with Crippen LogP contribution in [-0.4, -0.2) is 22.5 Å². The number of nitrogens with one attached hydrogen (secondary N) is 1. The molecule has 0 aliphatic carbocycles. The number of anilines is 1. The summed E-state index contributed by atoms with van der Waals surface area (Å²) in [6, 6.07) is 16.4. The van der Waals surface area contributed by atoms with Gasteiger partial charge in [-0.2, -0.15) is 0 Å². The Bertz CT molecular complexity index is 1360. The average Bonchev–Trinajstić information content (AvgIpc) is 3.45. The Hall–Kier alpha value is -3.67. The largest absolute Gasteiger partial charge is 0.438 e. The summed E-state index contributed by atoms with van der Waals surface area (Å²) in [5, 5.41) is 3.05. The SMILES string of the molecule is Cc1cc(-c2ccc3oc(C4CCCN4C(=O)Nc4cccc(C)c4C)nc3c2)ccc1F. The lowest BCUT2D eigenvalue weighted by atomic mass is 10.0. The predicted octanol–water partition coefficient (Wildman–Crippen LogP) is 6.93. The summed E-state index contributed by atoms with van der Waals surface area (Å²) in [5.74, 6) is 0.329. The number of likely N-dealkylation sites (tertiary alicyclic amines) is 1. The first-order valence-electron chi connectivity index (χ1n) is 11.2. The summed E-state index contributed by atoms with van der Waals surface area (Å²) in [6.45, 7) is 6.45. The van der Waals surface area contributed by atoms with Crippen LogP contribution in [0.15, 0.2) is 59.0 Å². The first-order valence-corrected chi connectivity index (χ1v) is 11.2. The average molecular weight is 444 g/mol. The lowest BCUT2D eigenvalue weighted by Gasteiger charge is -2.23. The second-order valence-electron chi connectivity index (χ2n) is 8.73. The molecule has 1 aliphatic heterocycles. The van der Waals surface area contributed by atoms with E-state index in [-0.39, 0.29) is 17.9 Å². The molecule has 1 atom stereocenters. The fourth-order valence-electron chi connectivity index (χ4n) is 4.43. The number of fused-ring (bicyclic) bond motifs is 1. The summed E-state index contributed by atoms with van der Waals surface area (Å²) in [5.41, 5.74) is 6.90. The zero-order chi connectivity index (χ0) is 23.1. The number of aryl methyl sites for hydroxylation is 2. The topological polar surface area (TPSA) is 58.4 Å². The molecule has 33 heavy (non-hydrogen) atoms. The Kier molecular flexibility index (Phi) is 5.36. The fraction of sp³-hybridized carbons (Fsp3) is 0.259. The molecule has 1 N–H and O–H groups in total. The highest BCUT2D eigenvalue weighted by Crippen LogP contribution is 2.35. The zero-order valence-corrected chi connectivity index (χ0v) is 19.0. The summed E-state index contributed by atoms with van der Waals surface area (Å²) in [6.07, 6.45) is 1.70. The van der Waals surface area contributed by atoms with E-state index in [9.17, 15) is 9.18 Å². The number of hydrogen-bond acceptors (Lipinski definition) is 3. The standard InChI is InChI=1S/C27H26FN3O2/c1-16-6-4-7-22(18(16)3)30-27(32)31-13-5-8-24(31)26-29-23-15-20(10-12-25(23)33-26)19-9-11-21(28)17(2)14-19/h4,6-7,9-12,14-15,24H,5,8,13H2,1-3H3,(H,30,32). The fourth-order valence-corrected chi connectivity index (χ4v) is 4.43. The highest BCUT2D eigenvalue weighted by molar-refractivity contribution is 5.91. The highest BCUT2D eigenvalue weighted by Gasteiger charge is 2.34. The van der Waals surface area contributed by atoms with Crippen LogP contribution in [0.4, 0.5) is 14.9 Å². The van der Waals surface area contributed by atoms with Crippen LogP contribution >= 0.6 is 0 Å². The van der Waals surface area contributed by atoms with E-state index in [0.29, 0.717) is 23.6 Å². The number of urea groups is 1. The van der Waals surface area contributed by atoms with E-state index in [1.807, 2.05) is 56.3 Å². The lowest BCUT2D eigenvalue weighted by Crippen LogP contribution is -2.34. The predicted molar refractivity (Wildman–Crippen MR) is 128 cm³/mol. The Balaban J connectivity index is 1.41. The number of carbonyl (C=O) groups is 1. The Labute approximate surface area is 192 Å². The number of amides is 2. The smallest absolute Gasteiger partial charge is 0.322 e. The Morgan fingerprint density at radius 3 is 2.67 bits per heavy atom. The number of carbonyl (C=O) groups excluding carboxylic acids is 1. The number of oxazole rings is 1. The molecule has 3 aromatic carbocycles. The van der Waals surface area contributed by atoms with Gasteiger partial charge >= 0.3 is 6.03 Å². The molecule has 168 valence electrons. The first kappa shape index (κ1) is 21.2. The van der Waals surface area contributed by atoms with Gasteiger partial charge < -0.3 is 14.6 Å². The molecule has 0 radical (unpaired) electrons. The molecule has 1 aromatic heterocycles. The van der Waals surface area contributed by atoms with E-state index >= 15 is 0 Å². The Morgan fingerprint density at radius 2 is 1.85 bits per heavy atom. The molecule has 2 amide bonds. The van der Waals surface area contributed by atoms with Gasteiger partial charge in [0, 0.05) is 12.2 Å². The molecule has 0 saturated carbocycles. The quantitative estimate of drug-likeness (QED) is 0.374. The van der Waals surface area contributed by atoms with Gasteiger partial charge in [0.25, 0.3) is 0 Å².